The lowest BCUT2D eigenvalue weighted by Crippen LogP contribution is -2.32. The minimum atomic E-state index is -4.70. The van der Waals surface area contributed by atoms with Crippen molar-refractivity contribution in [2.24, 2.45) is 16.4 Å². The van der Waals surface area contributed by atoms with Gasteiger partial charge < -0.3 is 4.74 Å². The third kappa shape index (κ3) is 2.19. The van der Waals surface area contributed by atoms with Crippen molar-refractivity contribution in [1.29, 1.82) is 0 Å². The number of azide groups is 1. The fourth-order valence-electron chi connectivity index (χ4n) is 1.60. The Morgan fingerprint density at radius 3 is 2.53 bits per heavy atom. The molecule has 0 aromatic heterocycles. The van der Waals surface area contributed by atoms with Crippen molar-refractivity contribution in [3.63, 3.8) is 0 Å². The van der Waals surface area contributed by atoms with Crippen LogP contribution >= 0.6 is 0 Å². The monoisotopic (exact) mass is 251 g/mol. The number of rotatable bonds is 3. The van der Waals surface area contributed by atoms with Crippen molar-refractivity contribution >= 4 is 11.9 Å². The van der Waals surface area contributed by atoms with Crippen LogP contribution in [-0.2, 0) is 14.3 Å². The van der Waals surface area contributed by atoms with Gasteiger partial charge in [0.2, 0.25) is 5.91 Å². The number of hydrogen-bond donors (Lipinski definition) is 0. The molecule has 17 heavy (non-hydrogen) atoms. The number of amides is 1. The van der Waals surface area contributed by atoms with Crippen LogP contribution in [0.4, 0.5) is 13.2 Å². The summed E-state index contributed by atoms with van der Waals surface area (Å²) in [6, 6.07) is 0. The topological polar surface area (TPSA) is 92.1 Å². The molecule has 0 spiro atoms. The molecule has 94 valence electrons. The average molecular weight is 251 g/mol. The highest BCUT2D eigenvalue weighted by molar-refractivity contribution is 6.06. The van der Waals surface area contributed by atoms with Crippen LogP contribution in [0.15, 0.2) is 5.11 Å². The quantitative estimate of drug-likeness (QED) is 0.252. The molecule has 9 heteroatoms. The van der Waals surface area contributed by atoms with Crippen molar-refractivity contribution in [3.05, 3.63) is 10.4 Å². The number of carbonyl (C=O) groups excluding carboxylic acids is 2. The van der Waals surface area contributed by atoms with Crippen molar-refractivity contribution in [2.45, 2.75) is 19.5 Å². The molecular formula is C8H8F3N3O3. The maximum atomic E-state index is 12.4. The summed E-state index contributed by atoms with van der Waals surface area (Å²) < 4.78 is 41.7. The van der Waals surface area contributed by atoms with E-state index in [0.717, 1.165) is 0 Å². The van der Waals surface area contributed by atoms with E-state index in [1.807, 2.05) is 0 Å². The zero-order chi connectivity index (χ0) is 13.3. The first-order chi connectivity index (χ1) is 7.80. The van der Waals surface area contributed by atoms with Gasteiger partial charge in [-0.3, -0.25) is 9.59 Å². The van der Waals surface area contributed by atoms with Gasteiger partial charge >= 0.3 is 12.1 Å². The maximum Gasteiger partial charge on any atom is 0.393 e. The molecular weight excluding hydrogens is 243 g/mol. The van der Waals surface area contributed by atoms with Crippen LogP contribution in [0.25, 0.3) is 10.4 Å². The molecule has 0 heterocycles. The molecule has 1 rings (SSSR count). The molecule has 0 radical (unpaired) electrons. The summed E-state index contributed by atoms with van der Waals surface area (Å²) in [5, 5.41) is 2.57. The van der Waals surface area contributed by atoms with E-state index >= 15 is 0 Å². The van der Waals surface area contributed by atoms with Crippen LogP contribution in [-0.4, -0.2) is 24.7 Å². The average Bonchev–Trinajstić information content (AvgIpc) is 2.94. The van der Waals surface area contributed by atoms with E-state index in [1.165, 1.54) is 6.92 Å². The smallest absolute Gasteiger partial charge is 0.393 e. The van der Waals surface area contributed by atoms with Gasteiger partial charge in [-0.1, -0.05) is 0 Å². The zero-order valence-electron chi connectivity index (χ0n) is 8.69. The van der Waals surface area contributed by atoms with E-state index in [-0.39, 0.29) is 6.61 Å². The van der Waals surface area contributed by atoms with Gasteiger partial charge in [-0.15, -0.1) is 0 Å². The highest BCUT2D eigenvalue weighted by Crippen LogP contribution is 2.61. The normalized spacial score (nSPS) is 26.9. The fourth-order valence-corrected chi connectivity index (χ4v) is 1.60. The first-order valence-electron chi connectivity index (χ1n) is 4.64. The molecule has 0 aromatic carbocycles. The Labute approximate surface area is 93.4 Å². The predicted octanol–water partition coefficient (Wildman–Crippen LogP) is 1.95. The van der Waals surface area contributed by atoms with Crippen LogP contribution in [0.3, 0.4) is 0 Å². The van der Waals surface area contributed by atoms with Crippen molar-refractivity contribution in [1.82, 2.24) is 0 Å². The van der Waals surface area contributed by atoms with Crippen LogP contribution in [0.5, 0.6) is 0 Å². The SMILES string of the molecule is CCOC(=O)[C@]1(C(=O)N=[N+]=[N-])C[C@@H]1C(F)(F)F. The molecule has 0 unspecified atom stereocenters. The Kier molecular flexibility index (Phi) is 3.33. The number of hydrogen-bond acceptors (Lipinski definition) is 3. The van der Waals surface area contributed by atoms with Gasteiger partial charge in [0.1, 0.15) is 5.41 Å². The molecule has 0 saturated heterocycles. The van der Waals surface area contributed by atoms with Crippen LogP contribution in [0, 0.1) is 11.3 Å². The second-order valence-corrected chi connectivity index (χ2v) is 3.48. The van der Waals surface area contributed by atoms with E-state index in [1.54, 1.807) is 0 Å². The molecule has 1 saturated carbocycles. The number of alkyl halides is 3. The summed E-state index contributed by atoms with van der Waals surface area (Å²) in [4.78, 5) is 24.8. The largest absolute Gasteiger partial charge is 0.465 e. The van der Waals surface area contributed by atoms with Gasteiger partial charge in [0.15, 0.2) is 0 Å². The summed E-state index contributed by atoms with van der Waals surface area (Å²) in [6.45, 7) is 1.24. The molecule has 0 bridgehead atoms. The number of halogens is 3. The molecule has 6 nitrogen and oxygen atoms in total. The van der Waals surface area contributed by atoms with Gasteiger partial charge in [-0.2, -0.15) is 13.2 Å². The standard InChI is InChI=1S/C8H8F3N3O3/c1-2-17-6(16)7(5(15)13-14-12)3-4(7)8(9,10)11/h4H,2-3H2,1H3/t4-,7+/m0/s1. The van der Waals surface area contributed by atoms with Gasteiger partial charge in [0.25, 0.3) is 0 Å². The van der Waals surface area contributed by atoms with Crippen LogP contribution in [0.1, 0.15) is 13.3 Å². The van der Waals surface area contributed by atoms with E-state index in [2.05, 4.69) is 14.8 Å². The molecule has 1 amide bonds. The van der Waals surface area contributed by atoms with Crippen molar-refractivity contribution < 1.29 is 27.5 Å². The summed E-state index contributed by atoms with van der Waals surface area (Å²) in [5.74, 6) is -4.87. The Balaban J connectivity index is 3.03. The van der Waals surface area contributed by atoms with Gasteiger partial charge in [-0.05, 0) is 24.0 Å². The summed E-state index contributed by atoms with van der Waals surface area (Å²) in [5.41, 5.74) is 5.66. The highest BCUT2D eigenvalue weighted by atomic mass is 19.4. The molecule has 2 atom stereocenters. The van der Waals surface area contributed by atoms with Crippen molar-refractivity contribution in [3.8, 4) is 0 Å². The Morgan fingerprint density at radius 1 is 1.59 bits per heavy atom. The number of ether oxygens (including phenoxy) is 1. The highest BCUT2D eigenvalue weighted by Gasteiger charge is 2.75. The predicted molar refractivity (Wildman–Crippen MR) is 47.4 cm³/mol. The Morgan fingerprint density at radius 2 is 2.18 bits per heavy atom. The number of esters is 1. The second kappa shape index (κ2) is 4.25. The second-order valence-electron chi connectivity index (χ2n) is 3.48. The lowest BCUT2D eigenvalue weighted by atomic mass is 10.0. The van der Waals surface area contributed by atoms with Gasteiger partial charge in [0.05, 0.1) is 12.5 Å². The lowest BCUT2D eigenvalue weighted by Gasteiger charge is -2.13. The van der Waals surface area contributed by atoms with Gasteiger partial charge in [0, 0.05) is 4.91 Å². The molecule has 0 aliphatic heterocycles. The summed E-state index contributed by atoms with van der Waals surface area (Å²) >= 11 is 0. The zero-order valence-corrected chi connectivity index (χ0v) is 8.69. The fraction of sp³-hybridized carbons (Fsp3) is 0.750. The third-order valence-electron chi connectivity index (χ3n) is 2.51. The van der Waals surface area contributed by atoms with E-state index in [9.17, 15) is 22.8 Å². The molecule has 0 N–H and O–H groups in total. The molecule has 1 aliphatic carbocycles. The number of carbonyl (C=O) groups is 2. The van der Waals surface area contributed by atoms with Crippen LogP contribution in [0.2, 0.25) is 0 Å². The Hall–Kier alpha value is -1.76. The van der Waals surface area contributed by atoms with E-state index in [4.69, 9.17) is 5.53 Å². The molecule has 0 aromatic rings. The number of nitrogens with zero attached hydrogens (tertiary/aromatic N) is 3. The third-order valence-corrected chi connectivity index (χ3v) is 2.51. The lowest BCUT2D eigenvalue weighted by molar-refractivity contribution is -0.174. The van der Waals surface area contributed by atoms with Gasteiger partial charge in [-0.25, -0.2) is 0 Å². The summed E-state index contributed by atoms with van der Waals surface area (Å²) in [6.07, 6.45) is -5.43. The molecule has 1 aliphatic rings. The Bertz CT molecular complexity index is 403. The first-order valence-corrected chi connectivity index (χ1v) is 4.64. The molecule has 1 fully saturated rings. The van der Waals surface area contributed by atoms with Crippen molar-refractivity contribution in [2.75, 3.05) is 6.61 Å². The van der Waals surface area contributed by atoms with E-state index < -0.39 is 35.8 Å². The van der Waals surface area contributed by atoms with E-state index in [0.29, 0.717) is 0 Å². The minimum absolute atomic E-state index is 0.158. The minimum Gasteiger partial charge on any atom is -0.465 e. The van der Waals surface area contributed by atoms with Crippen LogP contribution < -0.4 is 0 Å². The summed E-state index contributed by atoms with van der Waals surface area (Å²) in [7, 11) is 0. The first kappa shape index (κ1) is 13.3. The maximum absolute atomic E-state index is 12.4.